The minimum atomic E-state index is 0.680. The summed E-state index contributed by atoms with van der Waals surface area (Å²) in [6.45, 7) is 2.95. The first-order valence-electron chi connectivity index (χ1n) is 5.04. The van der Waals surface area contributed by atoms with E-state index in [1.807, 2.05) is 6.07 Å². The molecule has 1 fully saturated rings. The molecular formula is C11H15ClN2. The molecule has 1 saturated heterocycles. The number of hydrogen-bond donors (Lipinski definition) is 1. The van der Waals surface area contributed by atoms with Gasteiger partial charge in [-0.1, -0.05) is 17.7 Å². The van der Waals surface area contributed by atoms with Crippen LogP contribution in [0.5, 0.6) is 0 Å². The van der Waals surface area contributed by atoms with Gasteiger partial charge in [-0.15, -0.1) is 0 Å². The number of rotatable bonds is 3. The number of nitrogens with zero attached hydrogens (tertiary/aromatic N) is 1. The van der Waals surface area contributed by atoms with Crippen molar-refractivity contribution >= 4 is 17.3 Å². The van der Waals surface area contributed by atoms with Crippen LogP contribution >= 0.6 is 11.6 Å². The summed E-state index contributed by atoms with van der Waals surface area (Å²) in [7, 11) is 0. The Kier molecular flexibility index (Phi) is 2.94. The van der Waals surface area contributed by atoms with E-state index in [9.17, 15) is 0 Å². The molecular weight excluding hydrogens is 196 g/mol. The van der Waals surface area contributed by atoms with Crippen molar-refractivity contribution < 1.29 is 0 Å². The minimum Gasteiger partial charge on any atom is -0.370 e. The highest BCUT2D eigenvalue weighted by Gasteiger charge is 2.16. The zero-order chi connectivity index (χ0) is 9.97. The molecule has 1 aromatic carbocycles. The van der Waals surface area contributed by atoms with Crippen molar-refractivity contribution in [3.8, 4) is 0 Å². The quantitative estimate of drug-likeness (QED) is 0.828. The van der Waals surface area contributed by atoms with Crippen molar-refractivity contribution in [1.29, 1.82) is 0 Å². The highest BCUT2D eigenvalue weighted by Crippen LogP contribution is 2.29. The monoisotopic (exact) mass is 210 g/mol. The predicted molar refractivity (Wildman–Crippen MR) is 61.0 cm³/mol. The maximum absolute atomic E-state index is 6.19. The summed E-state index contributed by atoms with van der Waals surface area (Å²) < 4.78 is 0. The van der Waals surface area contributed by atoms with Gasteiger partial charge in [0.2, 0.25) is 0 Å². The Morgan fingerprint density at radius 2 is 2.14 bits per heavy atom. The molecule has 0 unspecified atom stereocenters. The molecule has 2 N–H and O–H groups in total. The van der Waals surface area contributed by atoms with E-state index in [0.29, 0.717) is 6.54 Å². The highest BCUT2D eigenvalue weighted by atomic mass is 35.5. The van der Waals surface area contributed by atoms with Crippen LogP contribution in [0, 0.1) is 0 Å². The maximum atomic E-state index is 6.19. The summed E-state index contributed by atoms with van der Waals surface area (Å²) in [6.07, 6.45) is 2.18. The van der Waals surface area contributed by atoms with E-state index in [-0.39, 0.29) is 0 Å². The van der Waals surface area contributed by atoms with Crippen LogP contribution in [0.15, 0.2) is 18.2 Å². The second-order valence-corrected chi connectivity index (χ2v) is 4.07. The van der Waals surface area contributed by atoms with Crippen LogP contribution in [0.4, 0.5) is 5.69 Å². The van der Waals surface area contributed by atoms with Crippen LogP contribution in [-0.2, 0) is 6.42 Å². The summed E-state index contributed by atoms with van der Waals surface area (Å²) in [5.74, 6) is 0. The summed E-state index contributed by atoms with van der Waals surface area (Å²) in [5, 5.41) is 0.857. The summed E-state index contributed by atoms with van der Waals surface area (Å²) >= 11 is 6.19. The van der Waals surface area contributed by atoms with E-state index in [1.165, 1.54) is 17.7 Å². The standard InChI is InChI=1S/C11H15ClN2/c12-10-8-9(4-5-13)2-3-11(10)14-6-1-7-14/h2-3,8H,1,4-7,13H2. The molecule has 14 heavy (non-hydrogen) atoms. The molecule has 0 atom stereocenters. The molecule has 0 bridgehead atoms. The maximum Gasteiger partial charge on any atom is 0.0642 e. The molecule has 2 rings (SSSR count). The molecule has 2 nitrogen and oxygen atoms in total. The fraction of sp³-hybridized carbons (Fsp3) is 0.455. The Hall–Kier alpha value is -0.730. The van der Waals surface area contributed by atoms with E-state index in [0.717, 1.165) is 24.5 Å². The van der Waals surface area contributed by atoms with Crippen molar-refractivity contribution in [2.24, 2.45) is 5.73 Å². The average Bonchev–Trinajstić information content (AvgIpc) is 2.07. The van der Waals surface area contributed by atoms with Crippen molar-refractivity contribution in [2.45, 2.75) is 12.8 Å². The zero-order valence-electron chi connectivity index (χ0n) is 8.17. The van der Waals surface area contributed by atoms with Gasteiger partial charge in [0.05, 0.1) is 10.7 Å². The summed E-state index contributed by atoms with van der Waals surface area (Å²) in [5.41, 5.74) is 7.88. The molecule has 3 heteroatoms. The Labute approximate surface area is 89.7 Å². The smallest absolute Gasteiger partial charge is 0.0642 e. The number of halogens is 1. The van der Waals surface area contributed by atoms with Gasteiger partial charge in [-0.25, -0.2) is 0 Å². The van der Waals surface area contributed by atoms with Crippen molar-refractivity contribution in [3.63, 3.8) is 0 Å². The van der Waals surface area contributed by atoms with Crippen LogP contribution in [0.25, 0.3) is 0 Å². The van der Waals surface area contributed by atoms with Crippen LogP contribution in [-0.4, -0.2) is 19.6 Å². The van der Waals surface area contributed by atoms with Crippen LogP contribution in [0.3, 0.4) is 0 Å². The first kappa shape index (κ1) is 9.81. The molecule has 0 spiro atoms. The lowest BCUT2D eigenvalue weighted by molar-refractivity contribution is 0.618. The minimum absolute atomic E-state index is 0.680. The van der Waals surface area contributed by atoms with Gasteiger partial charge in [-0.3, -0.25) is 0 Å². The normalized spacial score (nSPS) is 15.4. The van der Waals surface area contributed by atoms with Gasteiger partial charge in [0, 0.05) is 13.1 Å². The van der Waals surface area contributed by atoms with E-state index in [4.69, 9.17) is 17.3 Å². The molecule has 1 heterocycles. The first-order valence-corrected chi connectivity index (χ1v) is 5.42. The van der Waals surface area contributed by atoms with Crippen molar-refractivity contribution in [2.75, 3.05) is 24.5 Å². The Morgan fingerprint density at radius 3 is 2.64 bits per heavy atom. The average molecular weight is 211 g/mol. The number of nitrogens with two attached hydrogens (primary N) is 1. The Morgan fingerprint density at radius 1 is 1.36 bits per heavy atom. The molecule has 0 saturated carbocycles. The fourth-order valence-electron chi connectivity index (χ4n) is 1.69. The van der Waals surface area contributed by atoms with Gasteiger partial charge in [-0.2, -0.15) is 0 Å². The highest BCUT2D eigenvalue weighted by molar-refractivity contribution is 6.33. The molecule has 0 radical (unpaired) electrons. The van der Waals surface area contributed by atoms with Crippen LogP contribution in [0.2, 0.25) is 5.02 Å². The largest absolute Gasteiger partial charge is 0.370 e. The molecule has 1 aliphatic rings. The lowest BCUT2D eigenvalue weighted by Crippen LogP contribution is -2.37. The summed E-state index contributed by atoms with van der Waals surface area (Å²) in [4.78, 5) is 2.30. The van der Waals surface area contributed by atoms with E-state index in [1.54, 1.807) is 0 Å². The van der Waals surface area contributed by atoms with Crippen LogP contribution in [0.1, 0.15) is 12.0 Å². The molecule has 0 amide bonds. The van der Waals surface area contributed by atoms with Gasteiger partial charge >= 0.3 is 0 Å². The number of hydrogen-bond acceptors (Lipinski definition) is 2. The van der Waals surface area contributed by atoms with Crippen LogP contribution < -0.4 is 10.6 Å². The second-order valence-electron chi connectivity index (χ2n) is 3.67. The number of anilines is 1. The third kappa shape index (κ3) is 1.86. The molecule has 0 aromatic heterocycles. The SMILES string of the molecule is NCCc1ccc(N2CCC2)c(Cl)c1. The van der Waals surface area contributed by atoms with Gasteiger partial charge < -0.3 is 10.6 Å². The lowest BCUT2D eigenvalue weighted by atomic mass is 10.1. The van der Waals surface area contributed by atoms with Gasteiger partial charge in [0.1, 0.15) is 0 Å². The zero-order valence-corrected chi connectivity index (χ0v) is 8.93. The van der Waals surface area contributed by atoms with Gasteiger partial charge in [-0.05, 0) is 37.1 Å². The van der Waals surface area contributed by atoms with Crippen molar-refractivity contribution in [3.05, 3.63) is 28.8 Å². The first-order chi connectivity index (χ1) is 6.81. The topological polar surface area (TPSA) is 29.3 Å². The summed E-state index contributed by atoms with van der Waals surface area (Å²) in [6, 6.07) is 6.25. The Bertz CT molecular complexity index is 321. The van der Waals surface area contributed by atoms with Crippen molar-refractivity contribution in [1.82, 2.24) is 0 Å². The van der Waals surface area contributed by atoms with E-state index >= 15 is 0 Å². The number of benzene rings is 1. The molecule has 76 valence electrons. The van der Waals surface area contributed by atoms with Gasteiger partial charge in [0.25, 0.3) is 0 Å². The van der Waals surface area contributed by atoms with E-state index < -0.39 is 0 Å². The molecule has 1 aliphatic heterocycles. The third-order valence-electron chi connectivity index (χ3n) is 2.64. The molecule has 1 aromatic rings. The second kappa shape index (κ2) is 4.20. The molecule has 0 aliphatic carbocycles. The third-order valence-corrected chi connectivity index (χ3v) is 2.94. The predicted octanol–water partition coefficient (Wildman–Crippen LogP) is 2.05. The Balaban J connectivity index is 2.17. The lowest BCUT2D eigenvalue weighted by Gasteiger charge is -2.34. The fourth-order valence-corrected chi connectivity index (χ4v) is 2.01. The van der Waals surface area contributed by atoms with Gasteiger partial charge in [0.15, 0.2) is 0 Å². The van der Waals surface area contributed by atoms with E-state index in [2.05, 4.69) is 17.0 Å².